The highest BCUT2D eigenvalue weighted by Crippen LogP contribution is 2.28. The number of imidazole rings is 1. The molecule has 0 bridgehead atoms. The average molecular weight is 372 g/mol. The summed E-state index contributed by atoms with van der Waals surface area (Å²) in [6.45, 7) is 2.94. The van der Waals surface area contributed by atoms with E-state index < -0.39 is 10.0 Å². The third-order valence-corrected chi connectivity index (χ3v) is 6.75. The van der Waals surface area contributed by atoms with Gasteiger partial charge in [0.05, 0.1) is 11.2 Å². The predicted octanol–water partition coefficient (Wildman–Crippen LogP) is 1.57. The lowest BCUT2D eigenvalue weighted by Crippen LogP contribution is -2.38. The second-order valence-electron chi connectivity index (χ2n) is 6.55. The van der Waals surface area contributed by atoms with E-state index in [-0.39, 0.29) is 6.04 Å². The number of fused-ring (bicyclic) bond motifs is 1. The van der Waals surface area contributed by atoms with Crippen molar-refractivity contribution in [1.29, 1.82) is 0 Å². The van der Waals surface area contributed by atoms with Crippen LogP contribution < -0.4 is 5.73 Å². The maximum absolute atomic E-state index is 13.1. The highest BCUT2D eigenvalue weighted by Gasteiger charge is 2.35. The maximum Gasteiger partial charge on any atom is 0.243 e. The monoisotopic (exact) mass is 372 g/mol. The van der Waals surface area contributed by atoms with Crippen LogP contribution in [0.15, 0.2) is 41.8 Å². The van der Waals surface area contributed by atoms with Gasteiger partial charge in [-0.25, -0.2) is 23.4 Å². The van der Waals surface area contributed by atoms with Gasteiger partial charge in [-0.2, -0.15) is 4.31 Å². The number of sulfonamides is 1. The number of hydrogen-bond acceptors (Lipinski definition) is 6. The molecule has 0 radical (unpaired) electrons. The number of rotatable bonds is 4. The van der Waals surface area contributed by atoms with E-state index in [9.17, 15) is 8.42 Å². The van der Waals surface area contributed by atoms with Crippen molar-refractivity contribution < 1.29 is 8.42 Å². The van der Waals surface area contributed by atoms with Gasteiger partial charge in [0.25, 0.3) is 0 Å². The Morgan fingerprint density at radius 1 is 1.19 bits per heavy atom. The van der Waals surface area contributed by atoms with E-state index in [1.807, 2.05) is 23.6 Å². The second kappa shape index (κ2) is 6.33. The molecule has 136 valence electrons. The fraction of sp³-hybridized carbons (Fsp3) is 0.353. The Bertz CT molecular complexity index is 1040. The predicted molar refractivity (Wildman–Crippen MR) is 97.8 cm³/mol. The van der Waals surface area contributed by atoms with E-state index in [0.29, 0.717) is 35.0 Å². The van der Waals surface area contributed by atoms with E-state index >= 15 is 0 Å². The second-order valence-corrected chi connectivity index (χ2v) is 8.44. The Kier molecular flexibility index (Phi) is 4.12. The van der Waals surface area contributed by atoms with E-state index in [4.69, 9.17) is 5.73 Å². The molecule has 9 heteroatoms. The van der Waals surface area contributed by atoms with E-state index in [1.165, 1.54) is 6.33 Å². The summed E-state index contributed by atoms with van der Waals surface area (Å²) in [4.78, 5) is 12.8. The SMILES string of the molecule is Cc1ccc(S(=O)(=O)N2CCC[C@@H]2Cn2cnc3c(N)ncnc32)cc1. The largest absolute Gasteiger partial charge is 0.382 e. The summed E-state index contributed by atoms with van der Waals surface area (Å²) in [5.41, 5.74) is 8.02. The number of nitrogen functional groups attached to an aromatic ring is 1. The van der Waals surface area contributed by atoms with Gasteiger partial charge in [-0.05, 0) is 31.9 Å². The van der Waals surface area contributed by atoms with Crippen LogP contribution in [0.3, 0.4) is 0 Å². The molecule has 0 amide bonds. The first-order chi connectivity index (χ1) is 12.5. The molecular formula is C17H20N6O2S. The third kappa shape index (κ3) is 2.82. The number of aryl methyl sites for hydroxylation is 1. The van der Waals surface area contributed by atoms with Gasteiger partial charge in [0.2, 0.25) is 10.0 Å². The van der Waals surface area contributed by atoms with Crippen LogP contribution in [0.4, 0.5) is 5.82 Å². The van der Waals surface area contributed by atoms with Gasteiger partial charge in [-0.15, -0.1) is 0 Å². The van der Waals surface area contributed by atoms with E-state index in [0.717, 1.165) is 18.4 Å². The van der Waals surface area contributed by atoms with Crippen molar-refractivity contribution in [3.8, 4) is 0 Å². The molecule has 0 aliphatic carbocycles. The molecule has 1 aliphatic rings. The number of aromatic nitrogens is 4. The molecule has 0 unspecified atom stereocenters. The van der Waals surface area contributed by atoms with Crippen LogP contribution in [0.1, 0.15) is 18.4 Å². The fourth-order valence-electron chi connectivity index (χ4n) is 3.41. The van der Waals surface area contributed by atoms with Crippen LogP contribution in [0, 0.1) is 6.92 Å². The lowest BCUT2D eigenvalue weighted by Gasteiger charge is -2.24. The van der Waals surface area contributed by atoms with Crippen molar-refractivity contribution in [1.82, 2.24) is 23.8 Å². The Hall–Kier alpha value is -2.52. The van der Waals surface area contributed by atoms with Crippen molar-refractivity contribution >= 4 is 27.0 Å². The number of nitrogens with zero attached hydrogens (tertiary/aromatic N) is 5. The van der Waals surface area contributed by atoms with E-state index in [2.05, 4.69) is 15.0 Å². The molecule has 26 heavy (non-hydrogen) atoms. The quantitative estimate of drug-likeness (QED) is 0.745. The molecule has 3 heterocycles. The van der Waals surface area contributed by atoms with Gasteiger partial charge in [0.15, 0.2) is 11.5 Å². The Morgan fingerprint density at radius 2 is 1.96 bits per heavy atom. The summed E-state index contributed by atoms with van der Waals surface area (Å²) < 4.78 is 29.6. The number of hydrogen-bond donors (Lipinski definition) is 1. The molecule has 3 aromatic rings. The van der Waals surface area contributed by atoms with E-state index in [1.54, 1.807) is 22.8 Å². The lowest BCUT2D eigenvalue weighted by atomic mass is 10.2. The van der Waals surface area contributed by atoms with Crippen molar-refractivity contribution in [2.75, 3.05) is 12.3 Å². The minimum Gasteiger partial charge on any atom is -0.382 e. The molecule has 1 fully saturated rings. The fourth-order valence-corrected chi connectivity index (χ4v) is 5.10. The van der Waals surface area contributed by atoms with Crippen LogP contribution in [0.25, 0.3) is 11.2 Å². The minimum atomic E-state index is -3.53. The first kappa shape index (κ1) is 16.9. The smallest absolute Gasteiger partial charge is 0.243 e. The molecule has 1 atom stereocenters. The van der Waals surface area contributed by atoms with Crippen LogP contribution in [0.5, 0.6) is 0 Å². The van der Waals surface area contributed by atoms with Crippen LogP contribution in [0.2, 0.25) is 0 Å². The Balaban J connectivity index is 1.64. The Morgan fingerprint density at radius 3 is 2.73 bits per heavy atom. The molecular weight excluding hydrogens is 352 g/mol. The molecule has 2 N–H and O–H groups in total. The molecule has 0 spiro atoms. The van der Waals surface area contributed by atoms with Gasteiger partial charge in [0, 0.05) is 19.1 Å². The number of anilines is 1. The average Bonchev–Trinajstić information content (AvgIpc) is 3.24. The van der Waals surface area contributed by atoms with Gasteiger partial charge < -0.3 is 10.3 Å². The van der Waals surface area contributed by atoms with Gasteiger partial charge in [-0.1, -0.05) is 17.7 Å². The van der Waals surface area contributed by atoms with Gasteiger partial charge in [0.1, 0.15) is 11.8 Å². The molecule has 4 rings (SSSR count). The first-order valence-corrected chi connectivity index (χ1v) is 9.90. The summed E-state index contributed by atoms with van der Waals surface area (Å²) in [5, 5.41) is 0. The van der Waals surface area contributed by atoms with Crippen LogP contribution in [-0.2, 0) is 16.6 Å². The van der Waals surface area contributed by atoms with Gasteiger partial charge >= 0.3 is 0 Å². The molecule has 1 saturated heterocycles. The highest BCUT2D eigenvalue weighted by atomic mass is 32.2. The number of benzene rings is 1. The first-order valence-electron chi connectivity index (χ1n) is 8.46. The summed E-state index contributed by atoms with van der Waals surface area (Å²) in [7, 11) is -3.53. The lowest BCUT2D eigenvalue weighted by molar-refractivity contribution is 0.354. The molecule has 1 aromatic carbocycles. The van der Waals surface area contributed by atoms with Crippen molar-refractivity contribution in [3.63, 3.8) is 0 Å². The summed E-state index contributed by atoms with van der Waals surface area (Å²) in [6.07, 6.45) is 4.67. The molecule has 0 saturated carbocycles. The number of nitrogens with two attached hydrogens (primary N) is 1. The van der Waals surface area contributed by atoms with Crippen molar-refractivity contribution in [3.05, 3.63) is 42.5 Å². The van der Waals surface area contributed by atoms with Gasteiger partial charge in [-0.3, -0.25) is 0 Å². The molecule has 1 aliphatic heterocycles. The molecule has 2 aromatic heterocycles. The third-order valence-electron chi connectivity index (χ3n) is 4.79. The maximum atomic E-state index is 13.1. The highest BCUT2D eigenvalue weighted by molar-refractivity contribution is 7.89. The van der Waals surface area contributed by atoms with Crippen molar-refractivity contribution in [2.45, 2.75) is 37.2 Å². The molecule has 8 nitrogen and oxygen atoms in total. The summed E-state index contributed by atoms with van der Waals surface area (Å²) in [6, 6.07) is 6.83. The Labute approximate surface area is 151 Å². The van der Waals surface area contributed by atoms with Crippen LogP contribution >= 0.6 is 0 Å². The standard InChI is InChI=1S/C17H20N6O2S/c1-12-4-6-14(7-5-12)26(24,25)23-8-2-3-13(23)9-22-11-21-15-16(18)19-10-20-17(15)22/h4-7,10-11,13H,2-3,8-9H2,1H3,(H2,18,19,20)/t13-/m1/s1. The zero-order valence-corrected chi connectivity index (χ0v) is 15.2. The summed E-state index contributed by atoms with van der Waals surface area (Å²) in [5.74, 6) is 0.323. The zero-order chi connectivity index (χ0) is 18.3. The van der Waals surface area contributed by atoms with Crippen LogP contribution in [-0.4, -0.2) is 44.8 Å². The topological polar surface area (TPSA) is 107 Å². The normalized spacial score (nSPS) is 18.6. The summed E-state index contributed by atoms with van der Waals surface area (Å²) >= 11 is 0. The minimum absolute atomic E-state index is 0.144. The van der Waals surface area contributed by atoms with Crippen molar-refractivity contribution in [2.24, 2.45) is 0 Å². The zero-order valence-electron chi connectivity index (χ0n) is 14.4.